The Hall–Kier alpha value is -2.61. The van der Waals surface area contributed by atoms with Gasteiger partial charge in [0.2, 0.25) is 5.88 Å². The minimum absolute atomic E-state index is 0.00309. The minimum Gasteiger partial charge on any atom is -0.439 e. The molecule has 1 aliphatic carbocycles. The number of carbonyl (C=O) groups excluding carboxylic acids is 1. The van der Waals surface area contributed by atoms with Crippen molar-refractivity contribution in [1.29, 1.82) is 0 Å². The van der Waals surface area contributed by atoms with Gasteiger partial charge in [-0.05, 0) is 43.0 Å². The second-order valence-electron chi connectivity index (χ2n) is 6.73. The van der Waals surface area contributed by atoms with Crippen molar-refractivity contribution < 1.29 is 22.7 Å². The molecule has 0 radical (unpaired) electrons. The number of nitrogens with zero attached hydrogens (tertiary/aromatic N) is 1. The van der Waals surface area contributed by atoms with Crippen LogP contribution in [0.4, 0.5) is 13.2 Å². The van der Waals surface area contributed by atoms with Gasteiger partial charge in [0, 0.05) is 25.4 Å². The van der Waals surface area contributed by atoms with E-state index in [1.165, 1.54) is 43.6 Å². The summed E-state index contributed by atoms with van der Waals surface area (Å²) < 4.78 is 46.5. The Kier molecular flexibility index (Phi) is 4.86. The molecule has 27 heavy (non-hydrogen) atoms. The van der Waals surface area contributed by atoms with Crippen molar-refractivity contribution in [1.82, 2.24) is 10.3 Å². The van der Waals surface area contributed by atoms with E-state index in [2.05, 4.69) is 10.3 Å². The summed E-state index contributed by atoms with van der Waals surface area (Å²) in [7, 11) is 1.51. The van der Waals surface area contributed by atoms with Crippen LogP contribution in [0.5, 0.6) is 11.6 Å². The van der Waals surface area contributed by atoms with Crippen molar-refractivity contribution in [3.63, 3.8) is 0 Å². The first-order chi connectivity index (χ1) is 12.7. The van der Waals surface area contributed by atoms with Gasteiger partial charge in [-0.15, -0.1) is 0 Å². The Morgan fingerprint density at radius 2 is 1.96 bits per heavy atom. The minimum atomic E-state index is -4.36. The maximum Gasteiger partial charge on any atom is 0.398 e. The van der Waals surface area contributed by atoms with Crippen LogP contribution in [0.3, 0.4) is 0 Å². The van der Waals surface area contributed by atoms with Crippen molar-refractivity contribution in [3.8, 4) is 11.6 Å². The van der Waals surface area contributed by atoms with E-state index >= 15 is 0 Å². The van der Waals surface area contributed by atoms with Crippen LogP contribution in [0, 0.1) is 5.92 Å². The van der Waals surface area contributed by atoms with Gasteiger partial charge >= 0.3 is 6.18 Å². The molecule has 1 aromatic carbocycles. The highest BCUT2D eigenvalue weighted by molar-refractivity contribution is 5.93. The molecule has 2 aromatic rings. The number of pyridine rings is 1. The van der Waals surface area contributed by atoms with Gasteiger partial charge in [-0.1, -0.05) is 12.1 Å². The Balaban J connectivity index is 1.77. The first-order valence-corrected chi connectivity index (χ1v) is 8.48. The molecule has 1 amide bonds. The molecule has 0 aliphatic heterocycles. The lowest BCUT2D eigenvalue weighted by Crippen LogP contribution is -2.35. The van der Waals surface area contributed by atoms with Gasteiger partial charge in [0.15, 0.2) is 0 Å². The highest BCUT2D eigenvalue weighted by Crippen LogP contribution is 2.64. The Bertz CT molecular complexity index is 820. The summed E-state index contributed by atoms with van der Waals surface area (Å²) >= 11 is 0. The average Bonchev–Trinajstić information content (AvgIpc) is 3.40. The molecule has 0 bridgehead atoms. The lowest BCUT2D eigenvalue weighted by molar-refractivity contribution is -0.165. The first-order valence-electron chi connectivity index (χ1n) is 8.48. The maximum absolute atomic E-state index is 13.6. The van der Waals surface area contributed by atoms with Gasteiger partial charge in [0.1, 0.15) is 5.75 Å². The van der Waals surface area contributed by atoms with Crippen molar-refractivity contribution in [2.45, 2.75) is 31.0 Å². The molecular weight excluding hydrogens is 359 g/mol. The molecule has 144 valence electrons. The molecule has 3 N–H and O–H groups in total. The summed E-state index contributed by atoms with van der Waals surface area (Å²) in [6, 6.07) is 8.33. The summed E-state index contributed by atoms with van der Waals surface area (Å²) in [6.45, 7) is 1.60. The number of hydrogen-bond donors (Lipinski definition) is 2. The Labute approximate surface area is 154 Å². The van der Waals surface area contributed by atoms with E-state index < -0.39 is 23.6 Å². The number of benzene rings is 1. The number of hydrogen-bond acceptors (Lipinski definition) is 4. The van der Waals surface area contributed by atoms with Crippen molar-refractivity contribution in [2.24, 2.45) is 11.7 Å². The van der Waals surface area contributed by atoms with Crippen molar-refractivity contribution in [2.75, 3.05) is 7.05 Å². The molecule has 0 spiro atoms. The second-order valence-corrected chi connectivity index (χ2v) is 6.73. The van der Waals surface area contributed by atoms with Gasteiger partial charge in [-0.3, -0.25) is 4.79 Å². The van der Waals surface area contributed by atoms with E-state index in [0.29, 0.717) is 11.3 Å². The lowest BCUT2D eigenvalue weighted by atomic mass is 9.90. The molecule has 1 aliphatic rings. The summed E-state index contributed by atoms with van der Waals surface area (Å²) in [5.74, 6) is -0.303. The largest absolute Gasteiger partial charge is 0.439 e. The summed E-state index contributed by atoms with van der Waals surface area (Å²) in [5, 5.41) is 2.48. The molecule has 1 heterocycles. The number of nitrogens with two attached hydrogens (primary N) is 1. The van der Waals surface area contributed by atoms with Crippen LogP contribution in [0.25, 0.3) is 0 Å². The maximum atomic E-state index is 13.6. The van der Waals surface area contributed by atoms with E-state index in [0.717, 1.165) is 0 Å². The van der Waals surface area contributed by atoms with Crippen LogP contribution in [0.1, 0.15) is 29.3 Å². The van der Waals surface area contributed by atoms with Gasteiger partial charge in [0.05, 0.1) is 11.0 Å². The average molecular weight is 379 g/mol. The predicted octanol–water partition coefficient (Wildman–Crippen LogP) is 3.40. The summed E-state index contributed by atoms with van der Waals surface area (Å²) in [4.78, 5) is 15.5. The van der Waals surface area contributed by atoms with E-state index in [4.69, 9.17) is 10.5 Å². The quantitative estimate of drug-likeness (QED) is 0.835. The third-order valence-electron chi connectivity index (χ3n) is 4.97. The van der Waals surface area contributed by atoms with Gasteiger partial charge < -0.3 is 15.8 Å². The van der Waals surface area contributed by atoms with E-state index in [9.17, 15) is 18.0 Å². The molecule has 8 heteroatoms. The molecule has 3 rings (SSSR count). The molecule has 1 aromatic heterocycles. The van der Waals surface area contributed by atoms with Gasteiger partial charge in [-0.2, -0.15) is 13.2 Å². The third kappa shape index (κ3) is 3.49. The van der Waals surface area contributed by atoms with Crippen LogP contribution >= 0.6 is 0 Å². The topological polar surface area (TPSA) is 77.2 Å². The van der Waals surface area contributed by atoms with Crippen LogP contribution in [0.2, 0.25) is 0 Å². The zero-order chi connectivity index (χ0) is 19.8. The Morgan fingerprint density at radius 3 is 2.41 bits per heavy atom. The number of alkyl halides is 3. The van der Waals surface area contributed by atoms with E-state index in [-0.39, 0.29) is 23.8 Å². The smallest absolute Gasteiger partial charge is 0.398 e. The molecular formula is C19H20F3N3O2. The molecule has 1 saturated carbocycles. The monoisotopic (exact) mass is 379 g/mol. The van der Waals surface area contributed by atoms with E-state index in [1.54, 1.807) is 13.0 Å². The number of aromatic nitrogens is 1. The fourth-order valence-electron chi connectivity index (χ4n) is 3.40. The first kappa shape index (κ1) is 19.2. The third-order valence-corrected chi connectivity index (χ3v) is 4.97. The van der Waals surface area contributed by atoms with E-state index in [1.807, 2.05) is 0 Å². The lowest BCUT2D eigenvalue weighted by Gasteiger charge is -2.23. The summed E-state index contributed by atoms with van der Waals surface area (Å²) in [6.07, 6.45) is -3.00. The zero-order valence-electron chi connectivity index (χ0n) is 14.9. The normalized spacial score (nSPS) is 22.8. The zero-order valence-corrected chi connectivity index (χ0v) is 14.9. The van der Waals surface area contributed by atoms with Gasteiger partial charge in [-0.25, -0.2) is 4.98 Å². The van der Waals surface area contributed by atoms with Crippen molar-refractivity contribution in [3.05, 3.63) is 53.7 Å². The molecule has 0 saturated heterocycles. The SMILES string of the molecule is CNC(=O)c1ccc(Oc2ccc(C3(C(F)(F)F)CC3[C@@H](C)N)cc2)nc1. The van der Waals surface area contributed by atoms with Crippen LogP contribution in [-0.4, -0.2) is 30.2 Å². The van der Waals surface area contributed by atoms with Crippen molar-refractivity contribution >= 4 is 5.91 Å². The van der Waals surface area contributed by atoms with Gasteiger partial charge in [0.25, 0.3) is 5.91 Å². The highest BCUT2D eigenvalue weighted by atomic mass is 19.4. The summed E-state index contributed by atoms with van der Waals surface area (Å²) in [5.41, 5.74) is 4.40. The Morgan fingerprint density at radius 1 is 1.30 bits per heavy atom. The number of rotatable bonds is 5. The predicted molar refractivity (Wildman–Crippen MR) is 93.6 cm³/mol. The number of carbonyl (C=O) groups is 1. The number of halogens is 3. The van der Waals surface area contributed by atoms with Crippen LogP contribution in [0.15, 0.2) is 42.6 Å². The molecule has 3 atom stereocenters. The number of nitrogens with one attached hydrogen (secondary N) is 1. The second kappa shape index (κ2) is 6.84. The van der Waals surface area contributed by atoms with Crippen LogP contribution < -0.4 is 15.8 Å². The fraction of sp³-hybridized carbons (Fsp3) is 0.368. The standard InChI is InChI=1S/C19H20F3N3O2/c1-11(23)15-9-18(15,19(20,21)22)13-4-6-14(7-5-13)27-16-8-3-12(10-25-16)17(26)24-2/h3-8,10-11,15H,9,23H2,1-2H3,(H,24,26)/t11-,15?,18?/m1/s1. The highest BCUT2D eigenvalue weighted by Gasteiger charge is 2.72. The molecule has 2 unspecified atom stereocenters. The molecule has 1 fully saturated rings. The molecule has 5 nitrogen and oxygen atoms in total. The number of amides is 1. The number of ether oxygens (including phenoxy) is 1. The van der Waals surface area contributed by atoms with Crippen LogP contribution in [-0.2, 0) is 5.41 Å². The fourth-order valence-corrected chi connectivity index (χ4v) is 3.40.